The number of likely N-dealkylation sites (tertiary alicyclic amines) is 1. The second kappa shape index (κ2) is 17.5. The fraction of sp³-hybridized carbons (Fsp3) is 0.585. The van der Waals surface area contributed by atoms with Crippen LogP contribution in [0.5, 0.6) is 0 Å². The number of benzene rings is 1. The first kappa shape index (κ1) is 42.7. The Labute approximate surface area is 341 Å². The third-order valence-corrected chi connectivity index (χ3v) is 13.0. The van der Waals surface area contributed by atoms with Crippen molar-refractivity contribution in [2.24, 2.45) is 11.3 Å². The molecule has 2 unspecified atom stereocenters. The Morgan fingerprint density at radius 2 is 1.72 bits per heavy atom. The zero-order chi connectivity index (χ0) is 41.9. The van der Waals surface area contributed by atoms with Gasteiger partial charge in [-0.3, -0.25) is 38.5 Å². The van der Waals surface area contributed by atoms with Crippen molar-refractivity contribution in [2.75, 3.05) is 13.6 Å². The van der Waals surface area contributed by atoms with E-state index in [1.54, 1.807) is 20.8 Å². The fourth-order valence-corrected chi connectivity index (χ4v) is 9.51. The Balaban J connectivity index is 1.32. The Hall–Kier alpha value is -4.93. The summed E-state index contributed by atoms with van der Waals surface area (Å²) in [5, 5.41) is 11.2. The van der Waals surface area contributed by atoms with Gasteiger partial charge < -0.3 is 31.1 Å². The molecular weight excluding hydrogens is 768 g/mol. The highest BCUT2D eigenvalue weighted by molar-refractivity contribution is 8.00. The first-order chi connectivity index (χ1) is 27.5. The number of hydrogen-bond acceptors (Lipinski definition) is 10. The molecule has 58 heavy (non-hydrogen) atoms. The number of fused-ring (bicyclic) bond motifs is 1. The maximum absolute atomic E-state index is 15.1. The van der Waals surface area contributed by atoms with E-state index in [0.717, 1.165) is 38.2 Å². The largest absolute Gasteiger partial charge is 0.347 e. The van der Waals surface area contributed by atoms with E-state index < -0.39 is 81.5 Å². The molecule has 1 saturated heterocycles. The van der Waals surface area contributed by atoms with E-state index in [4.69, 9.17) is 0 Å². The number of ketones is 1. The van der Waals surface area contributed by atoms with Gasteiger partial charge in [0.2, 0.25) is 23.5 Å². The molecule has 0 radical (unpaired) electrons. The number of aromatic nitrogens is 2. The topological polar surface area (TPSA) is 200 Å². The highest BCUT2D eigenvalue weighted by Gasteiger charge is 2.57. The van der Waals surface area contributed by atoms with Crippen molar-refractivity contribution in [2.45, 2.75) is 132 Å². The number of hydrogen-bond donors (Lipinski definition) is 4. The summed E-state index contributed by atoms with van der Waals surface area (Å²) < 4.78 is 14.3. The lowest BCUT2D eigenvalue weighted by Gasteiger charge is -2.42. The lowest BCUT2D eigenvalue weighted by Crippen LogP contribution is -2.62. The normalized spacial score (nSPS) is 22.4. The second-order valence-electron chi connectivity index (χ2n) is 16.9. The van der Waals surface area contributed by atoms with Crippen LogP contribution in [0.1, 0.15) is 113 Å². The molecule has 17 heteroatoms. The summed E-state index contributed by atoms with van der Waals surface area (Å²) in [5.41, 5.74) is -0.743. The Morgan fingerprint density at radius 3 is 2.36 bits per heavy atom. The van der Waals surface area contributed by atoms with E-state index in [1.165, 1.54) is 59.3 Å². The van der Waals surface area contributed by atoms with Crippen LogP contribution in [0.3, 0.4) is 0 Å². The van der Waals surface area contributed by atoms with Crippen molar-refractivity contribution in [1.29, 1.82) is 0 Å². The van der Waals surface area contributed by atoms with E-state index in [2.05, 4.69) is 31.2 Å². The number of likely N-dealkylation sites (N-methyl/N-ethyl adjacent to an activating group) is 1. The summed E-state index contributed by atoms with van der Waals surface area (Å²) in [6.07, 6.45) is 10.3. The van der Waals surface area contributed by atoms with E-state index >= 15 is 4.79 Å². The highest BCUT2D eigenvalue weighted by Crippen LogP contribution is 2.50. The van der Waals surface area contributed by atoms with Crippen LogP contribution in [0.4, 0.5) is 4.39 Å². The van der Waals surface area contributed by atoms with Crippen molar-refractivity contribution in [3.8, 4) is 0 Å². The predicted octanol–water partition coefficient (Wildman–Crippen LogP) is 3.13. The van der Waals surface area contributed by atoms with Gasteiger partial charge in [0.15, 0.2) is 0 Å². The minimum atomic E-state index is -1.25. The lowest BCUT2D eigenvalue weighted by molar-refractivity contribution is -0.145. The molecule has 3 fully saturated rings. The van der Waals surface area contributed by atoms with Crippen LogP contribution < -0.4 is 21.3 Å². The molecule has 4 N–H and O–H groups in total. The predicted molar refractivity (Wildman–Crippen MR) is 211 cm³/mol. The summed E-state index contributed by atoms with van der Waals surface area (Å²) in [6, 6.07) is -0.831. The summed E-state index contributed by atoms with van der Waals surface area (Å²) in [4.78, 5) is 107. The van der Waals surface area contributed by atoms with Gasteiger partial charge in [-0.05, 0) is 61.6 Å². The average Bonchev–Trinajstić information content (AvgIpc) is 3.94. The molecule has 1 aromatic heterocycles. The number of Topliss-reactive ketones (excluding diaryl/α,β-unsaturated/α-hetero) is 1. The van der Waals surface area contributed by atoms with Crippen LogP contribution in [0.2, 0.25) is 0 Å². The Bertz CT molecular complexity index is 1940. The van der Waals surface area contributed by atoms with Crippen LogP contribution in [0.25, 0.3) is 0 Å². The van der Waals surface area contributed by atoms with Gasteiger partial charge in [0.25, 0.3) is 17.7 Å². The van der Waals surface area contributed by atoms with Gasteiger partial charge in [-0.2, -0.15) is 0 Å². The summed E-state index contributed by atoms with van der Waals surface area (Å²) in [7, 11) is 1.54. The summed E-state index contributed by atoms with van der Waals surface area (Å²) in [6.45, 7) is 6.98. The fourth-order valence-electron chi connectivity index (χ4n) is 8.04. The zero-order valence-electron chi connectivity index (χ0n) is 33.6. The third-order valence-electron chi connectivity index (χ3n) is 11.5. The molecular formula is C41H53FN8O7S. The molecule has 2 aliphatic heterocycles. The zero-order valence-corrected chi connectivity index (χ0v) is 34.5. The molecule has 312 valence electrons. The molecule has 4 aliphatic rings. The van der Waals surface area contributed by atoms with Crippen LogP contribution in [-0.2, 0) is 24.0 Å². The minimum absolute atomic E-state index is 0.0358. The van der Waals surface area contributed by atoms with E-state index in [9.17, 15) is 33.2 Å². The Morgan fingerprint density at radius 1 is 1.00 bits per heavy atom. The van der Waals surface area contributed by atoms with Crippen molar-refractivity contribution in [1.82, 2.24) is 41.0 Å². The molecule has 3 heterocycles. The molecule has 15 nitrogen and oxygen atoms in total. The number of amides is 6. The maximum atomic E-state index is 15.1. The standard InChI is InChI=1S/C41H53FN8O7S/c1-6-10-27(32(51)37(55)45-25-14-15-25)46-35(53)29-20-41(49(5)38(56)26-19-24(42)13-16-30(26)58-41)22-50(29)39(57)33(40(2,3)4)48-36(54)31(23-11-8-7-9-12-23)47-34(52)28-21-43-17-18-44-28/h13,16-19,21,23,25,27,29,31,33H,6-12,14-15,20,22H2,1-5H3,(H,45,55)(H,46,53)(H,47,52)(H,48,54)/t27?,29-,31-,33+,41?/m0/s1. The number of thioether (sulfide) groups is 1. The van der Waals surface area contributed by atoms with E-state index in [0.29, 0.717) is 24.2 Å². The average molecular weight is 821 g/mol. The SMILES string of the molecule is CCCC(NC(=O)[C@@H]1CC2(CN1C(=O)[C@@H](NC(=O)[C@@H](NC(=O)c1cnccn1)C1CCCCC1)C(C)(C)C)Sc1ccc(F)cc1C(=O)N2C)C(=O)C(=O)NC1CC1. The molecule has 1 spiro atoms. The minimum Gasteiger partial charge on any atom is -0.347 e. The number of carbonyl (C=O) groups excluding carboxylic acids is 7. The molecule has 0 bridgehead atoms. The molecule has 5 atom stereocenters. The van der Waals surface area contributed by atoms with Gasteiger partial charge in [0.05, 0.1) is 24.3 Å². The van der Waals surface area contributed by atoms with Gasteiger partial charge in [0, 0.05) is 36.8 Å². The van der Waals surface area contributed by atoms with Crippen molar-refractivity contribution < 1.29 is 38.0 Å². The first-order valence-electron chi connectivity index (χ1n) is 20.1. The van der Waals surface area contributed by atoms with Gasteiger partial charge in [0.1, 0.15) is 34.5 Å². The van der Waals surface area contributed by atoms with Gasteiger partial charge in [-0.15, -0.1) is 0 Å². The van der Waals surface area contributed by atoms with Crippen LogP contribution in [0.15, 0.2) is 41.7 Å². The van der Waals surface area contributed by atoms with E-state index in [1.807, 2.05) is 6.92 Å². The first-order valence-corrected chi connectivity index (χ1v) is 20.9. The summed E-state index contributed by atoms with van der Waals surface area (Å²) in [5.74, 6) is -5.34. The van der Waals surface area contributed by atoms with Crippen molar-refractivity contribution >= 4 is 53.0 Å². The second-order valence-corrected chi connectivity index (χ2v) is 18.4. The van der Waals surface area contributed by atoms with Crippen LogP contribution in [-0.4, -0.2) is 110 Å². The number of halogens is 1. The van der Waals surface area contributed by atoms with E-state index in [-0.39, 0.29) is 42.6 Å². The highest BCUT2D eigenvalue weighted by atomic mass is 32.2. The van der Waals surface area contributed by atoms with Gasteiger partial charge >= 0.3 is 0 Å². The molecule has 6 rings (SSSR count). The number of nitrogens with zero attached hydrogens (tertiary/aromatic N) is 4. The number of rotatable bonds is 13. The van der Waals surface area contributed by atoms with Crippen molar-refractivity contribution in [3.05, 3.63) is 53.9 Å². The Kier molecular flexibility index (Phi) is 12.9. The van der Waals surface area contributed by atoms with Gasteiger partial charge in [-0.1, -0.05) is 65.1 Å². The van der Waals surface area contributed by atoms with Crippen LogP contribution >= 0.6 is 11.8 Å². The smallest absolute Gasteiger partial charge is 0.289 e. The molecule has 6 amide bonds. The molecule has 2 aliphatic carbocycles. The van der Waals surface area contributed by atoms with Gasteiger partial charge in [-0.25, -0.2) is 9.37 Å². The molecule has 2 aromatic rings. The third kappa shape index (κ3) is 9.34. The lowest BCUT2D eigenvalue weighted by atomic mass is 9.82. The monoisotopic (exact) mass is 820 g/mol. The number of carbonyl (C=O) groups is 7. The maximum Gasteiger partial charge on any atom is 0.289 e. The quantitative estimate of drug-likeness (QED) is 0.218. The molecule has 1 aromatic carbocycles. The summed E-state index contributed by atoms with van der Waals surface area (Å²) >= 11 is 1.23. The van der Waals surface area contributed by atoms with Crippen LogP contribution in [0, 0.1) is 17.2 Å². The number of nitrogens with one attached hydrogen (secondary N) is 4. The molecule has 2 saturated carbocycles. The van der Waals surface area contributed by atoms with Crippen molar-refractivity contribution in [3.63, 3.8) is 0 Å².